The minimum Gasteiger partial charge on any atom is -0.464 e. The number of aryl methyl sites for hydroxylation is 1. The van der Waals surface area contributed by atoms with Gasteiger partial charge in [-0.05, 0) is 63.9 Å². The highest BCUT2D eigenvalue weighted by molar-refractivity contribution is 9.11. The van der Waals surface area contributed by atoms with E-state index in [1.807, 2.05) is 0 Å². The molecule has 3 heterocycles. The summed E-state index contributed by atoms with van der Waals surface area (Å²) in [6.07, 6.45) is -1.10. The van der Waals surface area contributed by atoms with Gasteiger partial charge in [-0.3, -0.25) is 14.8 Å². The number of anilines is 3. The van der Waals surface area contributed by atoms with E-state index >= 15 is 8.78 Å². The third-order valence-electron chi connectivity index (χ3n) is 5.77. The molecule has 0 aromatic carbocycles. The molecule has 0 aliphatic carbocycles. The van der Waals surface area contributed by atoms with Gasteiger partial charge >= 0.3 is 12.2 Å². The van der Waals surface area contributed by atoms with Gasteiger partial charge in [0.05, 0.1) is 18.3 Å². The maximum Gasteiger partial charge on any atom is 0.422 e. The second kappa shape index (κ2) is 12.1. The molecule has 41 heavy (non-hydrogen) atoms. The Hall–Kier alpha value is -3.05. The number of carboxylic acid groups (broad SMARTS) is 1. The zero-order valence-electron chi connectivity index (χ0n) is 23.8. The molecule has 1 aliphatic heterocycles. The van der Waals surface area contributed by atoms with Gasteiger partial charge in [0, 0.05) is 26.1 Å². The van der Waals surface area contributed by atoms with Gasteiger partial charge in [0.2, 0.25) is 0 Å². The Labute approximate surface area is 248 Å². The molecule has 17 heteroatoms. The molecule has 4 N–H and O–H groups in total. The predicted octanol–water partition coefficient (Wildman–Crippen LogP) is 5.13. The number of aromatic nitrogens is 3. The molecule has 0 bridgehead atoms. The van der Waals surface area contributed by atoms with Gasteiger partial charge in [-0.25, -0.2) is 33.8 Å². The Bertz CT molecular complexity index is 1290. The molecule has 1 saturated heterocycles. The lowest BCUT2D eigenvalue weighted by Crippen LogP contribution is -2.57. The van der Waals surface area contributed by atoms with E-state index in [2.05, 4.69) is 42.1 Å². The van der Waals surface area contributed by atoms with Crippen LogP contribution < -0.4 is 21.0 Å². The third-order valence-corrected chi connectivity index (χ3v) is 7.20. The van der Waals surface area contributed by atoms with Crippen molar-refractivity contribution in [2.75, 3.05) is 28.6 Å². The fraction of sp³-hybridized carbons (Fsp3) is 0.625. The maximum absolute atomic E-state index is 15.2. The monoisotopic (exact) mass is 664 g/mol. The van der Waals surface area contributed by atoms with Crippen LogP contribution in [-0.2, 0) is 11.8 Å². The Kier molecular flexibility index (Phi) is 9.54. The largest absolute Gasteiger partial charge is 0.464 e. The molecule has 3 rings (SSSR count). The normalized spacial score (nSPS) is 17.5. The lowest BCUT2D eigenvalue weighted by Gasteiger charge is -2.36. The summed E-state index contributed by atoms with van der Waals surface area (Å²) in [6.45, 7) is 9.53. The Balaban J connectivity index is 1.81. The lowest BCUT2D eigenvalue weighted by molar-refractivity contribution is -0.0195. The Morgan fingerprint density at radius 2 is 1.88 bits per heavy atom. The number of alkyl halides is 2. The number of amides is 3. The second-order valence-corrected chi connectivity index (χ2v) is 13.9. The summed E-state index contributed by atoms with van der Waals surface area (Å²) in [5, 5.41) is 20.0. The number of carbonyl (C=O) groups excluding carboxylic acids is 2. The van der Waals surface area contributed by atoms with Gasteiger partial charge in [-0.15, -0.1) is 0 Å². The average molecular weight is 666 g/mol. The van der Waals surface area contributed by atoms with Crippen LogP contribution in [-0.4, -0.2) is 79.2 Å². The van der Waals surface area contributed by atoms with Gasteiger partial charge in [0.1, 0.15) is 16.3 Å². The number of hydrogen-bond donors (Lipinski definition) is 4. The van der Waals surface area contributed by atoms with E-state index in [4.69, 9.17) is 4.74 Å². The summed E-state index contributed by atoms with van der Waals surface area (Å²) in [7, 11) is 1.56. The molecule has 13 nitrogen and oxygen atoms in total. The summed E-state index contributed by atoms with van der Waals surface area (Å²) in [5.74, 6) is -3.65. The molecule has 3 amide bonds. The third kappa shape index (κ3) is 8.72. The van der Waals surface area contributed by atoms with Crippen molar-refractivity contribution in [2.24, 2.45) is 7.05 Å². The SMILES string of the molecule is Cn1ncc(NC(=O)c2nc(Br)sc2NC(=O)OC(C)(C)C)c1N1CCC(NN(C(=O)O)C(C)(C)C)CC(F)(F)C1. The van der Waals surface area contributed by atoms with Crippen LogP contribution in [0.5, 0.6) is 0 Å². The van der Waals surface area contributed by atoms with Crippen LogP contribution in [0, 0.1) is 0 Å². The van der Waals surface area contributed by atoms with Crippen LogP contribution in [0.3, 0.4) is 0 Å². The zero-order chi connectivity index (χ0) is 30.9. The fourth-order valence-electron chi connectivity index (χ4n) is 4.21. The standard InChI is InChI=1S/C24H35BrF2N8O5S/c1-22(2,3)35(21(38)39)32-13-8-9-34(12-24(26,27)10-13)18-14(11-28-33(18)7)29-16(36)15-17(41-19(25)30-15)31-20(37)40-23(4,5)6/h11,13,32H,8-10,12H2,1-7H3,(H,29,36)(H,31,37)(H,38,39). The van der Waals surface area contributed by atoms with Crippen LogP contribution in [0.4, 0.5) is 34.9 Å². The summed E-state index contributed by atoms with van der Waals surface area (Å²) in [5.41, 5.74) is 1.19. The van der Waals surface area contributed by atoms with E-state index in [-0.39, 0.29) is 35.2 Å². The molecular weight excluding hydrogens is 630 g/mol. The first-order chi connectivity index (χ1) is 18.8. The van der Waals surface area contributed by atoms with Crippen molar-refractivity contribution in [1.29, 1.82) is 0 Å². The van der Waals surface area contributed by atoms with Crippen LogP contribution in [0.1, 0.15) is 64.9 Å². The van der Waals surface area contributed by atoms with Crippen molar-refractivity contribution in [3.63, 3.8) is 0 Å². The van der Waals surface area contributed by atoms with Gasteiger partial charge in [0.15, 0.2) is 15.4 Å². The number of halogens is 3. The van der Waals surface area contributed by atoms with E-state index in [1.54, 1.807) is 48.6 Å². The maximum atomic E-state index is 15.2. The molecule has 228 valence electrons. The minimum atomic E-state index is -3.19. The van der Waals surface area contributed by atoms with Crippen molar-refractivity contribution in [2.45, 2.75) is 77.5 Å². The minimum absolute atomic E-state index is 0.107. The highest BCUT2D eigenvalue weighted by Gasteiger charge is 2.41. The van der Waals surface area contributed by atoms with Gasteiger partial charge in [0.25, 0.3) is 11.8 Å². The highest BCUT2D eigenvalue weighted by atomic mass is 79.9. The van der Waals surface area contributed by atoms with Crippen LogP contribution >= 0.6 is 27.3 Å². The first-order valence-corrected chi connectivity index (χ1v) is 14.3. The molecule has 0 radical (unpaired) electrons. The first-order valence-electron chi connectivity index (χ1n) is 12.7. The molecule has 1 atom stereocenters. The van der Waals surface area contributed by atoms with Gasteiger partial charge in [-0.2, -0.15) is 5.10 Å². The Morgan fingerprint density at radius 1 is 1.22 bits per heavy atom. The molecule has 0 saturated carbocycles. The van der Waals surface area contributed by atoms with Gasteiger partial charge < -0.3 is 20.1 Å². The van der Waals surface area contributed by atoms with Crippen molar-refractivity contribution in [1.82, 2.24) is 25.2 Å². The number of nitrogens with zero attached hydrogens (tertiary/aromatic N) is 5. The smallest absolute Gasteiger partial charge is 0.422 e. The fourth-order valence-corrected chi connectivity index (χ4v) is 5.55. The van der Waals surface area contributed by atoms with E-state index in [0.717, 1.165) is 16.3 Å². The van der Waals surface area contributed by atoms with Crippen LogP contribution in [0.25, 0.3) is 0 Å². The summed E-state index contributed by atoms with van der Waals surface area (Å²) in [4.78, 5) is 42.8. The molecule has 2 aromatic heterocycles. The number of nitrogens with one attached hydrogen (secondary N) is 3. The van der Waals surface area contributed by atoms with Crippen LogP contribution in [0.2, 0.25) is 0 Å². The summed E-state index contributed by atoms with van der Waals surface area (Å²) < 4.78 is 37.3. The number of ether oxygens (including phenoxy) is 1. The summed E-state index contributed by atoms with van der Waals surface area (Å²) in [6, 6.07) is -0.828. The lowest BCUT2D eigenvalue weighted by atomic mass is 10.1. The van der Waals surface area contributed by atoms with E-state index in [9.17, 15) is 19.5 Å². The van der Waals surface area contributed by atoms with Crippen molar-refractivity contribution in [3.8, 4) is 0 Å². The molecule has 1 aliphatic rings. The van der Waals surface area contributed by atoms with E-state index in [1.165, 1.54) is 15.8 Å². The molecule has 1 fully saturated rings. The number of rotatable bonds is 6. The quantitative estimate of drug-likeness (QED) is 0.308. The second-order valence-electron chi connectivity index (χ2n) is 11.6. The highest BCUT2D eigenvalue weighted by Crippen LogP contribution is 2.35. The van der Waals surface area contributed by atoms with E-state index < -0.39 is 54.2 Å². The summed E-state index contributed by atoms with van der Waals surface area (Å²) >= 11 is 4.22. The molecule has 1 unspecified atom stereocenters. The zero-order valence-corrected chi connectivity index (χ0v) is 26.2. The number of hydrazine groups is 1. The number of hydrogen-bond acceptors (Lipinski definition) is 9. The molecule has 2 aromatic rings. The Morgan fingerprint density at radius 3 is 2.46 bits per heavy atom. The van der Waals surface area contributed by atoms with Gasteiger partial charge in [-0.1, -0.05) is 11.3 Å². The number of carbonyl (C=O) groups is 3. The van der Waals surface area contributed by atoms with Crippen molar-refractivity contribution < 1.29 is 33.0 Å². The average Bonchev–Trinajstić information content (AvgIpc) is 3.28. The topological polar surface area (TPSA) is 154 Å². The molecular formula is C24H35BrF2N8O5S. The van der Waals surface area contributed by atoms with Crippen molar-refractivity contribution >= 4 is 61.9 Å². The molecule has 0 spiro atoms. The number of thiazole rings is 1. The predicted molar refractivity (Wildman–Crippen MR) is 154 cm³/mol. The first kappa shape index (κ1) is 32.5. The van der Waals surface area contributed by atoms with E-state index in [0.29, 0.717) is 3.92 Å². The van der Waals surface area contributed by atoms with Crippen molar-refractivity contribution in [3.05, 3.63) is 15.8 Å². The van der Waals surface area contributed by atoms with Crippen LogP contribution in [0.15, 0.2) is 10.1 Å².